The first kappa shape index (κ1) is 8.31. The van der Waals surface area contributed by atoms with Gasteiger partial charge in [0.2, 0.25) is 0 Å². The molecule has 0 fully saturated rings. The van der Waals surface area contributed by atoms with E-state index in [1.165, 1.54) is 0 Å². The van der Waals surface area contributed by atoms with Gasteiger partial charge in [-0.2, -0.15) is 5.10 Å². The number of allylic oxidation sites excluding steroid dienone is 1. The maximum Gasteiger partial charge on any atom is 0.0677 e. The monoisotopic (exact) mass is 152 g/mol. The van der Waals surface area contributed by atoms with E-state index in [0.29, 0.717) is 12.0 Å². The first-order valence-corrected chi connectivity index (χ1v) is 4.23. The van der Waals surface area contributed by atoms with Gasteiger partial charge in [0.25, 0.3) is 0 Å². The van der Waals surface area contributed by atoms with Gasteiger partial charge < -0.3 is 0 Å². The SMILES string of the molecule is CCN1N=CC=CC1C(C)C. The molecule has 0 aromatic heterocycles. The van der Waals surface area contributed by atoms with E-state index >= 15 is 0 Å². The molecular formula is C9H16N2. The molecule has 0 spiro atoms. The van der Waals surface area contributed by atoms with Crippen molar-refractivity contribution in [2.75, 3.05) is 6.54 Å². The van der Waals surface area contributed by atoms with Gasteiger partial charge in [-0.3, -0.25) is 5.01 Å². The third-order valence-electron chi connectivity index (χ3n) is 1.96. The number of hydrazone groups is 1. The Labute approximate surface area is 68.6 Å². The molecule has 2 nitrogen and oxygen atoms in total. The Bertz CT molecular complexity index is 170. The average Bonchev–Trinajstić information content (AvgIpc) is 2.04. The fourth-order valence-electron chi connectivity index (χ4n) is 1.32. The molecule has 0 amide bonds. The fraction of sp³-hybridized carbons (Fsp3) is 0.667. The van der Waals surface area contributed by atoms with Crippen molar-refractivity contribution in [3.63, 3.8) is 0 Å². The lowest BCUT2D eigenvalue weighted by molar-refractivity contribution is 0.206. The summed E-state index contributed by atoms with van der Waals surface area (Å²) in [5.74, 6) is 0.642. The molecule has 1 unspecified atom stereocenters. The number of hydrogen-bond acceptors (Lipinski definition) is 2. The molecule has 0 bridgehead atoms. The van der Waals surface area contributed by atoms with Crippen LogP contribution >= 0.6 is 0 Å². The molecule has 0 N–H and O–H groups in total. The minimum absolute atomic E-state index is 0.491. The molecule has 1 aliphatic rings. The van der Waals surface area contributed by atoms with Crippen molar-refractivity contribution in [3.8, 4) is 0 Å². The molecule has 1 atom stereocenters. The largest absolute Gasteiger partial charge is 0.290 e. The van der Waals surface area contributed by atoms with Crippen LogP contribution in [0.25, 0.3) is 0 Å². The van der Waals surface area contributed by atoms with Crippen molar-refractivity contribution in [1.82, 2.24) is 5.01 Å². The molecule has 0 aromatic carbocycles. The minimum atomic E-state index is 0.491. The Hall–Kier alpha value is -0.790. The van der Waals surface area contributed by atoms with Crippen molar-refractivity contribution in [2.45, 2.75) is 26.8 Å². The minimum Gasteiger partial charge on any atom is -0.290 e. The Morgan fingerprint density at radius 2 is 2.27 bits per heavy atom. The zero-order valence-corrected chi connectivity index (χ0v) is 7.49. The Morgan fingerprint density at radius 3 is 2.73 bits per heavy atom. The van der Waals surface area contributed by atoms with Crippen LogP contribution in [-0.2, 0) is 0 Å². The summed E-state index contributed by atoms with van der Waals surface area (Å²) in [4.78, 5) is 0. The number of rotatable bonds is 2. The van der Waals surface area contributed by atoms with Crippen molar-refractivity contribution >= 4 is 6.21 Å². The van der Waals surface area contributed by atoms with E-state index in [9.17, 15) is 0 Å². The third kappa shape index (κ3) is 1.82. The average molecular weight is 152 g/mol. The zero-order chi connectivity index (χ0) is 8.27. The third-order valence-corrected chi connectivity index (χ3v) is 1.96. The van der Waals surface area contributed by atoms with E-state index in [4.69, 9.17) is 0 Å². The molecule has 0 aromatic rings. The lowest BCUT2D eigenvalue weighted by Crippen LogP contribution is -2.34. The Balaban J connectivity index is 2.63. The summed E-state index contributed by atoms with van der Waals surface area (Å²) in [6.07, 6.45) is 6.08. The topological polar surface area (TPSA) is 15.6 Å². The van der Waals surface area contributed by atoms with Gasteiger partial charge in [-0.15, -0.1) is 0 Å². The lowest BCUT2D eigenvalue weighted by Gasteiger charge is -2.30. The number of likely N-dealkylation sites (N-methyl/N-ethyl adjacent to an activating group) is 1. The van der Waals surface area contributed by atoms with E-state index in [-0.39, 0.29) is 0 Å². The Kier molecular flexibility index (Phi) is 2.69. The summed E-state index contributed by atoms with van der Waals surface area (Å²) >= 11 is 0. The van der Waals surface area contributed by atoms with Gasteiger partial charge in [0.15, 0.2) is 0 Å². The summed E-state index contributed by atoms with van der Waals surface area (Å²) in [5.41, 5.74) is 0. The number of hydrogen-bond donors (Lipinski definition) is 0. The summed E-state index contributed by atoms with van der Waals surface area (Å²) in [7, 11) is 0. The van der Waals surface area contributed by atoms with Crippen molar-refractivity contribution in [1.29, 1.82) is 0 Å². The highest BCUT2D eigenvalue weighted by molar-refractivity contribution is 5.71. The summed E-state index contributed by atoms with van der Waals surface area (Å²) in [6.45, 7) is 7.56. The van der Waals surface area contributed by atoms with Crippen LogP contribution in [0, 0.1) is 5.92 Å². The Morgan fingerprint density at radius 1 is 1.55 bits per heavy atom. The van der Waals surface area contributed by atoms with Crippen molar-refractivity contribution in [2.24, 2.45) is 11.0 Å². The van der Waals surface area contributed by atoms with Crippen LogP contribution in [-0.4, -0.2) is 23.8 Å². The summed E-state index contributed by atoms with van der Waals surface area (Å²) in [5, 5.41) is 6.39. The fourth-order valence-corrected chi connectivity index (χ4v) is 1.32. The van der Waals surface area contributed by atoms with E-state index < -0.39 is 0 Å². The van der Waals surface area contributed by atoms with Gasteiger partial charge in [-0.25, -0.2) is 0 Å². The summed E-state index contributed by atoms with van der Waals surface area (Å²) in [6, 6.07) is 0.491. The smallest absolute Gasteiger partial charge is 0.0677 e. The van der Waals surface area contributed by atoms with Crippen LogP contribution in [0.4, 0.5) is 0 Å². The normalized spacial score (nSPS) is 23.3. The second kappa shape index (κ2) is 3.56. The predicted octanol–water partition coefficient (Wildman–Crippen LogP) is 1.89. The van der Waals surface area contributed by atoms with Gasteiger partial charge in [0.1, 0.15) is 0 Å². The molecule has 1 heterocycles. The molecule has 1 rings (SSSR count). The van der Waals surface area contributed by atoms with Gasteiger partial charge in [-0.1, -0.05) is 19.9 Å². The van der Waals surface area contributed by atoms with E-state index in [0.717, 1.165) is 6.54 Å². The second-order valence-electron chi connectivity index (χ2n) is 3.14. The zero-order valence-electron chi connectivity index (χ0n) is 7.49. The van der Waals surface area contributed by atoms with Crippen LogP contribution in [0.3, 0.4) is 0 Å². The van der Waals surface area contributed by atoms with E-state index in [2.05, 4.69) is 37.0 Å². The maximum absolute atomic E-state index is 4.27. The van der Waals surface area contributed by atoms with Gasteiger partial charge >= 0.3 is 0 Å². The molecule has 0 saturated heterocycles. The lowest BCUT2D eigenvalue weighted by atomic mass is 10.0. The molecule has 0 radical (unpaired) electrons. The number of nitrogens with zero attached hydrogens (tertiary/aromatic N) is 2. The van der Waals surface area contributed by atoms with Crippen LogP contribution in [0.15, 0.2) is 17.3 Å². The predicted molar refractivity (Wildman–Crippen MR) is 48.6 cm³/mol. The standard InChI is InChI=1S/C9H16N2/c1-4-11-9(8(2)3)6-5-7-10-11/h5-9H,4H2,1-3H3. The van der Waals surface area contributed by atoms with Crippen molar-refractivity contribution < 1.29 is 0 Å². The molecule has 0 saturated carbocycles. The van der Waals surface area contributed by atoms with E-state index in [1.54, 1.807) is 0 Å². The van der Waals surface area contributed by atoms with Crippen molar-refractivity contribution in [3.05, 3.63) is 12.2 Å². The first-order valence-electron chi connectivity index (χ1n) is 4.23. The maximum atomic E-state index is 4.27. The molecular weight excluding hydrogens is 136 g/mol. The van der Waals surface area contributed by atoms with Crippen LogP contribution in [0.2, 0.25) is 0 Å². The highest BCUT2D eigenvalue weighted by Crippen LogP contribution is 2.14. The molecule has 1 aliphatic heterocycles. The van der Waals surface area contributed by atoms with E-state index in [1.807, 2.05) is 12.3 Å². The molecule has 2 heteroatoms. The van der Waals surface area contributed by atoms with Crippen LogP contribution < -0.4 is 0 Å². The molecule has 0 aliphatic carbocycles. The van der Waals surface area contributed by atoms with Gasteiger partial charge in [-0.05, 0) is 18.9 Å². The summed E-state index contributed by atoms with van der Waals surface area (Å²) < 4.78 is 0. The second-order valence-corrected chi connectivity index (χ2v) is 3.14. The quantitative estimate of drug-likeness (QED) is 0.590. The first-order chi connectivity index (χ1) is 5.25. The highest BCUT2D eigenvalue weighted by Gasteiger charge is 2.16. The van der Waals surface area contributed by atoms with Gasteiger partial charge in [0, 0.05) is 12.8 Å². The molecule has 62 valence electrons. The van der Waals surface area contributed by atoms with Crippen LogP contribution in [0.1, 0.15) is 20.8 Å². The molecule has 11 heavy (non-hydrogen) atoms. The van der Waals surface area contributed by atoms with Gasteiger partial charge in [0.05, 0.1) is 6.04 Å². The highest BCUT2D eigenvalue weighted by atomic mass is 15.5. The van der Waals surface area contributed by atoms with Crippen LogP contribution in [0.5, 0.6) is 0 Å².